The molecule has 30 heavy (non-hydrogen) atoms. The predicted octanol–water partition coefficient (Wildman–Crippen LogP) is -1.46. The number of carbonyl (C=O) groups is 3. The molecule has 1 rings (SSSR count). The number of non-ortho nitro benzene ring substituents is 1. The molecule has 0 bridgehead atoms. The van der Waals surface area contributed by atoms with E-state index < -0.39 is 22.8 Å². The summed E-state index contributed by atoms with van der Waals surface area (Å²) in [6.45, 7) is 0.0965. The van der Waals surface area contributed by atoms with Crippen LogP contribution in [0.2, 0.25) is 0 Å². The summed E-state index contributed by atoms with van der Waals surface area (Å²) in [5, 5.41) is 18.2. The van der Waals surface area contributed by atoms with Gasteiger partial charge in [-0.1, -0.05) is 0 Å². The molecule has 0 saturated heterocycles. The van der Waals surface area contributed by atoms with Crippen LogP contribution in [0.4, 0.5) is 11.4 Å². The van der Waals surface area contributed by atoms with Gasteiger partial charge in [0, 0.05) is 37.3 Å². The van der Waals surface area contributed by atoms with E-state index in [1.807, 2.05) is 0 Å². The first kappa shape index (κ1) is 24.3. The van der Waals surface area contributed by atoms with E-state index in [-0.39, 0.29) is 50.0 Å². The van der Waals surface area contributed by atoms with Crippen molar-refractivity contribution in [3.63, 3.8) is 0 Å². The second-order valence-corrected chi connectivity index (χ2v) is 6.18. The lowest BCUT2D eigenvalue weighted by Gasteiger charge is -2.18. The molecule has 164 valence electrons. The maximum absolute atomic E-state index is 12.6. The van der Waals surface area contributed by atoms with Crippen molar-refractivity contribution in [3.8, 4) is 0 Å². The van der Waals surface area contributed by atoms with E-state index in [0.29, 0.717) is 12.1 Å². The summed E-state index contributed by atoms with van der Waals surface area (Å²) in [5.74, 6) is -1.57. The second kappa shape index (κ2) is 12.7. The Bertz CT molecular complexity index is 777. The minimum Gasteiger partial charge on any atom is -0.370 e. The van der Waals surface area contributed by atoms with Gasteiger partial charge in [-0.25, -0.2) is 0 Å². The lowest BCUT2D eigenvalue weighted by Crippen LogP contribution is -2.47. The first-order valence-corrected chi connectivity index (χ1v) is 9.09. The van der Waals surface area contributed by atoms with Crippen LogP contribution in [0, 0.1) is 10.1 Å². The van der Waals surface area contributed by atoms with E-state index in [1.54, 1.807) is 0 Å². The highest BCUT2D eigenvalue weighted by atomic mass is 16.6. The van der Waals surface area contributed by atoms with E-state index >= 15 is 0 Å². The van der Waals surface area contributed by atoms with Gasteiger partial charge in [0.15, 0.2) is 5.96 Å². The van der Waals surface area contributed by atoms with Crippen LogP contribution in [0.25, 0.3) is 0 Å². The molecule has 1 atom stereocenters. The molecule has 0 radical (unpaired) electrons. The fourth-order valence-corrected chi connectivity index (χ4v) is 2.31. The molecule has 1 aromatic rings. The molecule has 9 N–H and O–H groups in total. The van der Waals surface area contributed by atoms with Crippen LogP contribution in [0.15, 0.2) is 29.3 Å². The van der Waals surface area contributed by atoms with E-state index in [9.17, 15) is 24.5 Å². The number of hydrogen-bond donors (Lipinski definition) is 6. The van der Waals surface area contributed by atoms with Crippen molar-refractivity contribution in [3.05, 3.63) is 34.4 Å². The summed E-state index contributed by atoms with van der Waals surface area (Å²) in [6.07, 6.45) is 0.698. The van der Waals surface area contributed by atoms with E-state index in [0.717, 1.165) is 0 Å². The fourth-order valence-electron chi connectivity index (χ4n) is 2.31. The van der Waals surface area contributed by atoms with Crippen molar-refractivity contribution in [1.29, 1.82) is 0 Å². The SMILES string of the molecule is NCCC(=O)NCC(=O)N[C@@H](CCCN=C(N)N)C(=O)Nc1ccc([N+](=O)[O-])cc1. The number of nitrogens with two attached hydrogens (primary N) is 3. The largest absolute Gasteiger partial charge is 0.370 e. The van der Waals surface area contributed by atoms with Gasteiger partial charge in [-0.3, -0.25) is 29.5 Å². The van der Waals surface area contributed by atoms with Crippen LogP contribution in [0.3, 0.4) is 0 Å². The number of nitrogens with one attached hydrogen (secondary N) is 3. The zero-order chi connectivity index (χ0) is 22.5. The molecule has 0 aromatic heterocycles. The number of carbonyl (C=O) groups excluding carboxylic acids is 3. The minimum absolute atomic E-state index is 0.0792. The molecule has 0 aliphatic heterocycles. The number of guanidine groups is 1. The van der Waals surface area contributed by atoms with Gasteiger partial charge in [-0.15, -0.1) is 0 Å². The summed E-state index contributed by atoms with van der Waals surface area (Å²) < 4.78 is 0. The lowest BCUT2D eigenvalue weighted by atomic mass is 10.1. The summed E-state index contributed by atoms with van der Waals surface area (Å²) in [4.78, 5) is 50.1. The lowest BCUT2D eigenvalue weighted by molar-refractivity contribution is -0.384. The van der Waals surface area contributed by atoms with Crippen molar-refractivity contribution < 1.29 is 19.3 Å². The zero-order valence-electron chi connectivity index (χ0n) is 16.3. The Balaban J connectivity index is 2.73. The monoisotopic (exact) mass is 422 g/mol. The molecule has 0 heterocycles. The third-order valence-corrected chi connectivity index (χ3v) is 3.76. The normalized spacial score (nSPS) is 11.1. The van der Waals surface area contributed by atoms with Crippen molar-refractivity contribution >= 4 is 35.1 Å². The average molecular weight is 422 g/mol. The summed E-state index contributed by atoms with van der Waals surface area (Å²) >= 11 is 0. The Morgan fingerprint density at radius 3 is 2.37 bits per heavy atom. The zero-order valence-corrected chi connectivity index (χ0v) is 16.3. The quantitative estimate of drug-likeness (QED) is 0.0765. The Labute approximate surface area is 172 Å². The van der Waals surface area contributed by atoms with Crippen LogP contribution in [-0.2, 0) is 14.4 Å². The molecule has 0 unspecified atom stereocenters. The molecule has 0 aliphatic carbocycles. The van der Waals surface area contributed by atoms with Gasteiger partial charge in [-0.2, -0.15) is 0 Å². The highest BCUT2D eigenvalue weighted by Gasteiger charge is 2.21. The van der Waals surface area contributed by atoms with Gasteiger partial charge in [0.1, 0.15) is 6.04 Å². The van der Waals surface area contributed by atoms with Gasteiger partial charge in [0.2, 0.25) is 17.7 Å². The first-order valence-electron chi connectivity index (χ1n) is 9.09. The topological polar surface area (TPSA) is 221 Å². The molecule has 13 nitrogen and oxygen atoms in total. The van der Waals surface area contributed by atoms with Crippen LogP contribution < -0.4 is 33.2 Å². The Kier molecular flexibility index (Phi) is 10.3. The standard InChI is InChI=1S/C17H26N8O5/c18-8-7-14(26)22-10-15(27)24-13(2-1-9-21-17(19)20)16(28)23-11-3-5-12(6-4-11)25(29)30/h3-6,13H,1-2,7-10,18H2,(H,22,26)(H,23,28)(H,24,27)(H4,19,20,21)/t13-/m0/s1. The van der Waals surface area contributed by atoms with Crippen LogP contribution in [-0.4, -0.2) is 54.3 Å². The number of amides is 3. The molecule has 3 amide bonds. The first-order chi connectivity index (χ1) is 14.2. The number of hydrogen-bond acceptors (Lipinski definition) is 7. The van der Waals surface area contributed by atoms with Crippen molar-refractivity contribution in [2.75, 3.05) is 25.0 Å². The van der Waals surface area contributed by atoms with Crippen LogP contribution in [0.5, 0.6) is 0 Å². The van der Waals surface area contributed by atoms with Gasteiger partial charge < -0.3 is 33.2 Å². The molecule has 0 saturated carbocycles. The molecule has 0 fully saturated rings. The van der Waals surface area contributed by atoms with E-state index in [4.69, 9.17) is 17.2 Å². The highest BCUT2D eigenvalue weighted by molar-refractivity contribution is 5.97. The number of benzene rings is 1. The summed E-state index contributed by atoms with van der Waals surface area (Å²) in [5.41, 5.74) is 16.0. The van der Waals surface area contributed by atoms with Crippen LogP contribution in [0.1, 0.15) is 19.3 Å². The third-order valence-electron chi connectivity index (χ3n) is 3.76. The fraction of sp³-hybridized carbons (Fsp3) is 0.412. The van der Waals surface area contributed by atoms with Gasteiger partial charge in [0.05, 0.1) is 11.5 Å². The van der Waals surface area contributed by atoms with E-state index in [2.05, 4.69) is 20.9 Å². The molecular weight excluding hydrogens is 396 g/mol. The highest BCUT2D eigenvalue weighted by Crippen LogP contribution is 2.16. The average Bonchev–Trinajstić information content (AvgIpc) is 2.69. The smallest absolute Gasteiger partial charge is 0.269 e. The maximum Gasteiger partial charge on any atom is 0.269 e. The predicted molar refractivity (Wildman–Crippen MR) is 110 cm³/mol. The molecule has 0 aliphatic rings. The molecule has 1 aromatic carbocycles. The number of anilines is 1. The van der Waals surface area contributed by atoms with Crippen molar-refractivity contribution in [2.24, 2.45) is 22.2 Å². The summed E-state index contributed by atoms with van der Waals surface area (Å²) in [6, 6.07) is 4.31. The number of nitro benzene ring substituents is 1. The van der Waals surface area contributed by atoms with Crippen molar-refractivity contribution in [1.82, 2.24) is 10.6 Å². The number of nitrogens with zero attached hydrogens (tertiary/aromatic N) is 2. The number of rotatable bonds is 12. The van der Waals surface area contributed by atoms with Gasteiger partial charge in [0.25, 0.3) is 5.69 Å². The number of nitro groups is 1. The molecular formula is C17H26N8O5. The van der Waals surface area contributed by atoms with E-state index in [1.165, 1.54) is 24.3 Å². The molecule has 0 spiro atoms. The second-order valence-electron chi connectivity index (χ2n) is 6.18. The van der Waals surface area contributed by atoms with Crippen LogP contribution >= 0.6 is 0 Å². The van der Waals surface area contributed by atoms with Gasteiger partial charge >= 0.3 is 0 Å². The van der Waals surface area contributed by atoms with Gasteiger partial charge in [-0.05, 0) is 25.0 Å². The summed E-state index contributed by atoms with van der Waals surface area (Å²) in [7, 11) is 0. The Morgan fingerprint density at radius 2 is 1.80 bits per heavy atom. The molecule has 13 heteroatoms. The Morgan fingerprint density at radius 1 is 1.13 bits per heavy atom. The minimum atomic E-state index is -0.937. The number of aliphatic imine (C=N–C) groups is 1. The van der Waals surface area contributed by atoms with Crippen molar-refractivity contribution in [2.45, 2.75) is 25.3 Å². The third kappa shape index (κ3) is 9.45. The maximum atomic E-state index is 12.6. The Hall–Kier alpha value is -3.74.